The molecule has 1 fully saturated rings. The Morgan fingerprint density at radius 2 is 1.86 bits per heavy atom. The standard InChI is InChI=1S/C16H18N4O2/c1-11-9-12(2)18-16(17-11)19(14-7-8-14)10-13-5-3-4-6-15(13)20(21)22/h3-6,9,14H,7-8,10H2,1-2H3. The first-order valence-corrected chi connectivity index (χ1v) is 7.36. The molecular weight excluding hydrogens is 280 g/mol. The highest BCUT2D eigenvalue weighted by Gasteiger charge is 2.32. The summed E-state index contributed by atoms with van der Waals surface area (Å²) < 4.78 is 0. The molecule has 0 saturated heterocycles. The minimum Gasteiger partial charge on any atom is -0.333 e. The van der Waals surface area contributed by atoms with E-state index in [1.54, 1.807) is 18.2 Å². The van der Waals surface area contributed by atoms with Gasteiger partial charge in [-0.25, -0.2) is 9.97 Å². The number of hydrogen-bond donors (Lipinski definition) is 0. The maximum absolute atomic E-state index is 11.2. The van der Waals surface area contributed by atoms with Crippen LogP contribution in [0.5, 0.6) is 0 Å². The fraction of sp³-hybridized carbons (Fsp3) is 0.375. The molecule has 1 heterocycles. The minimum absolute atomic E-state index is 0.150. The van der Waals surface area contributed by atoms with Crippen LogP contribution in [0.4, 0.5) is 11.6 Å². The minimum atomic E-state index is -0.331. The van der Waals surface area contributed by atoms with Crippen molar-refractivity contribution in [1.82, 2.24) is 9.97 Å². The molecule has 0 unspecified atom stereocenters. The molecule has 1 saturated carbocycles. The van der Waals surface area contributed by atoms with E-state index in [0.29, 0.717) is 24.1 Å². The van der Waals surface area contributed by atoms with Crippen LogP contribution < -0.4 is 4.90 Å². The summed E-state index contributed by atoms with van der Waals surface area (Å²) >= 11 is 0. The van der Waals surface area contributed by atoms with E-state index in [9.17, 15) is 10.1 Å². The Bertz CT molecular complexity index is 693. The van der Waals surface area contributed by atoms with Gasteiger partial charge >= 0.3 is 0 Å². The molecule has 0 aliphatic heterocycles. The molecule has 22 heavy (non-hydrogen) atoms. The monoisotopic (exact) mass is 298 g/mol. The lowest BCUT2D eigenvalue weighted by Crippen LogP contribution is -2.27. The van der Waals surface area contributed by atoms with Gasteiger partial charge in [0.25, 0.3) is 5.69 Å². The van der Waals surface area contributed by atoms with Gasteiger partial charge in [0.05, 0.1) is 11.5 Å². The predicted octanol–water partition coefficient (Wildman–Crippen LogP) is 3.17. The van der Waals surface area contributed by atoms with Crippen LogP contribution in [0.25, 0.3) is 0 Å². The molecule has 0 atom stereocenters. The highest BCUT2D eigenvalue weighted by Crippen LogP contribution is 2.33. The third kappa shape index (κ3) is 3.05. The molecule has 1 aromatic carbocycles. The second-order valence-corrected chi connectivity index (χ2v) is 5.70. The van der Waals surface area contributed by atoms with Crippen molar-refractivity contribution in [1.29, 1.82) is 0 Å². The van der Waals surface area contributed by atoms with Crippen LogP contribution in [0.15, 0.2) is 30.3 Å². The first-order valence-electron chi connectivity index (χ1n) is 7.36. The second-order valence-electron chi connectivity index (χ2n) is 5.70. The maximum Gasteiger partial charge on any atom is 0.274 e. The van der Waals surface area contributed by atoms with Crippen LogP contribution >= 0.6 is 0 Å². The summed E-state index contributed by atoms with van der Waals surface area (Å²) in [6, 6.07) is 9.17. The van der Waals surface area contributed by atoms with Crippen LogP contribution in [0.3, 0.4) is 0 Å². The lowest BCUT2D eigenvalue weighted by atomic mass is 10.1. The van der Waals surface area contributed by atoms with Crippen LogP contribution in [0.2, 0.25) is 0 Å². The van der Waals surface area contributed by atoms with Crippen molar-refractivity contribution in [3.05, 3.63) is 57.4 Å². The summed E-state index contributed by atoms with van der Waals surface area (Å²) in [5.74, 6) is 0.665. The van der Waals surface area contributed by atoms with Gasteiger partial charge in [-0.15, -0.1) is 0 Å². The Hall–Kier alpha value is -2.50. The SMILES string of the molecule is Cc1cc(C)nc(N(Cc2ccccc2[N+](=O)[O-])C2CC2)n1. The van der Waals surface area contributed by atoms with Crippen molar-refractivity contribution < 1.29 is 4.92 Å². The van der Waals surface area contributed by atoms with Gasteiger partial charge in [-0.2, -0.15) is 0 Å². The quantitative estimate of drug-likeness (QED) is 0.626. The first-order chi connectivity index (χ1) is 10.5. The summed E-state index contributed by atoms with van der Waals surface area (Å²) in [5, 5.41) is 11.2. The van der Waals surface area contributed by atoms with Crippen molar-refractivity contribution in [2.45, 2.75) is 39.3 Å². The van der Waals surface area contributed by atoms with Gasteiger partial charge in [0, 0.05) is 29.1 Å². The Kier molecular flexibility index (Phi) is 3.75. The molecule has 1 aromatic heterocycles. The number of aromatic nitrogens is 2. The summed E-state index contributed by atoms with van der Waals surface area (Å²) in [6.45, 7) is 4.34. The molecular formula is C16H18N4O2. The van der Waals surface area contributed by atoms with Gasteiger partial charge in [0.15, 0.2) is 0 Å². The third-order valence-corrected chi connectivity index (χ3v) is 3.74. The maximum atomic E-state index is 11.2. The lowest BCUT2D eigenvalue weighted by molar-refractivity contribution is -0.385. The topological polar surface area (TPSA) is 72.2 Å². The van der Waals surface area contributed by atoms with E-state index in [1.165, 1.54) is 0 Å². The number of benzene rings is 1. The van der Waals surface area contributed by atoms with Crippen molar-refractivity contribution in [3.63, 3.8) is 0 Å². The Morgan fingerprint density at radius 1 is 1.23 bits per heavy atom. The molecule has 2 aromatic rings. The largest absolute Gasteiger partial charge is 0.333 e. The number of rotatable bonds is 5. The van der Waals surface area contributed by atoms with Crippen LogP contribution in [0.1, 0.15) is 29.8 Å². The molecule has 0 radical (unpaired) electrons. The van der Waals surface area contributed by atoms with Crippen molar-refractivity contribution in [2.24, 2.45) is 0 Å². The number of aryl methyl sites for hydroxylation is 2. The average molecular weight is 298 g/mol. The summed E-state index contributed by atoms with van der Waals surface area (Å²) in [6.07, 6.45) is 2.16. The molecule has 6 nitrogen and oxygen atoms in total. The Morgan fingerprint density at radius 3 is 2.45 bits per heavy atom. The zero-order valence-corrected chi connectivity index (χ0v) is 12.7. The van der Waals surface area contributed by atoms with Gasteiger partial charge < -0.3 is 4.90 Å². The molecule has 3 rings (SSSR count). The Labute approximate surface area is 129 Å². The van der Waals surface area contributed by atoms with Gasteiger partial charge in [0.2, 0.25) is 5.95 Å². The number of hydrogen-bond acceptors (Lipinski definition) is 5. The van der Waals surface area contributed by atoms with Crippen LogP contribution in [0, 0.1) is 24.0 Å². The van der Waals surface area contributed by atoms with Gasteiger partial charge in [-0.1, -0.05) is 18.2 Å². The molecule has 1 aliphatic carbocycles. The zero-order chi connectivity index (χ0) is 15.7. The second kappa shape index (κ2) is 5.71. The van der Waals surface area contributed by atoms with E-state index >= 15 is 0 Å². The van der Waals surface area contributed by atoms with Gasteiger partial charge in [-0.3, -0.25) is 10.1 Å². The van der Waals surface area contributed by atoms with Crippen molar-refractivity contribution >= 4 is 11.6 Å². The van der Waals surface area contributed by atoms with Crippen molar-refractivity contribution in [2.75, 3.05) is 4.90 Å². The van der Waals surface area contributed by atoms with E-state index in [1.807, 2.05) is 26.0 Å². The fourth-order valence-electron chi connectivity index (χ4n) is 2.59. The summed E-state index contributed by atoms with van der Waals surface area (Å²) in [5.41, 5.74) is 2.67. The molecule has 0 spiro atoms. The average Bonchev–Trinajstić information content (AvgIpc) is 3.28. The molecule has 0 bridgehead atoms. The van der Waals surface area contributed by atoms with E-state index in [4.69, 9.17) is 0 Å². The summed E-state index contributed by atoms with van der Waals surface area (Å²) in [4.78, 5) is 22.0. The van der Waals surface area contributed by atoms with Crippen LogP contribution in [-0.2, 0) is 6.54 Å². The fourth-order valence-corrected chi connectivity index (χ4v) is 2.59. The number of nitro groups is 1. The normalized spacial score (nSPS) is 13.9. The number of para-hydroxylation sites is 1. The van der Waals surface area contributed by atoms with E-state index in [2.05, 4.69) is 14.9 Å². The number of nitrogens with zero attached hydrogens (tertiary/aromatic N) is 4. The highest BCUT2D eigenvalue weighted by atomic mass is 16.6. The molecule has 1 aliphatic rings. The molecule has 114 valence electrons. The smallest absolute Gasteiger partial charge is 0.274 e. The predicted molar refractivity (Wildman–Crippen MR) is 83.8 cm³/mol. The van der Waals surface area contributed by atoms with E-state index in [0.717, 1.165) is 24.2 Å². The lowest BCUT2D eigenvalue weighted by Gasteiger charge is -2.23. The third-order valence-electron chi connectivity index (χ3n) is 3.74. The highest BCUT2D eigenvalue weighted by molar-refractivity contribution is 5.45. The van der Waals surface area contributed by atoms with Gasteiger partial charge in [-0.05, 0) is 32.8 Å². The van der Waals surface area contributed by atoms with Crippen molar-refractivity contribution in [3.8, 4) is 0 Å². The molecule has 0 amide bonds. The number of nitro benzene ring substituents is 1. The molecule has 0 N–H and O–H groups in total. The first kappa shape index (κ1) is 14.4. The summed E-state index contributed by atoms with van der Waals surface area (Å²) in [7, 11) is 0. The number of anilines is 1. The molecule has 6 heteroatoms. The Balaban J connectivity index is 1.95. The zero-order valence-electron chi connectivity index (χ0n) is 12.7. The van der Waals surface area contributed by atoms with Crippen LogP contribution in [-0.4, -0.2) is 20.9 Å². The van der Waals surface area contributed by atoms with Gasteiger partial charge in [0.1, 0.15) is 0 Å². The van der Waals surface area contributed by atoms with E-state index in [-0.39, 0.29) is 10.6 Å². The van der Waals surface area contributed by atoms with E-state index < -0.39 is 0 Å².